The lowest BCUT2D eigenvalue weighted by Gasteiger charge is -2.19. The smallest absolute Gasteiger partial charge is 0.310 e. The van der Waals surface area contributed by atoms with E-state index in [1.807, 2.05) is 0 Å². The topological polar surface area (TPSA) is 113 Å². The molecule has 0 unspecified atom stereocenters. The third kappa shape index (κ3) is 4.27. The Balaban J connectivity index is 2.79. The van der Waals surface area contributed by atoms with Gasteiger partial charge < -0.3 is 10.4 Å². The van der Waals surface area contributed by atoms with Crippen LogP contribution in [0.2, 0.25) is 0 Å². The molecule has 0 saturated heterocycles. The second kappa shape index (κ2) is 6.23. The molecule has 1 aromatic carbocycles. The van der Waals surface area contributed by atoms with E-state index in [1.165, 1.54) is 45.2 Å². The Morgan fingerprint density at radius 3 is 2.14 bits per heavy atom. The molecule has 1 rings (SSSR count). The van der Waals surface area contributed by atoms with Crippen LogP contribution in [0.1, 0.15) is 24.2 Å². The normalized spacial score (nSPS) is 12.0. The monoisotopic (exact) mass is 314 g/mol. The highest BCUT2D eigenvalue weighted by molar-refractivity contribution is 7.89. The minimum absolute atomic E-state index is 0.0300. The fraction of sp³-hybridized carbons (Fsp3) is 0.385. The fourth-order valence-corrected chi connectivity index (χ4v) is 2.11. The minimum atomic E-state index is -3.55. The van der Waals surface area contributed by atoms with E-state index in [0.29, 0.717) is 0 Å². The Kier molecular flexibility index (Phi) is 5.08. The van der Waals surface area contributed by atoms with E-state index < -0.39 is 27.3 Å². The summed E-state index contributed by atoms with van der Waals surface area (Å²) in [4.78, 5) is 22.9. The van der Waals surface area contributed by atoms with Crippen LogP contribution in [-0.4, -0.2) is 39.0 Å². The molecule has 21 heavy (non-hydrogen) atoms. The molecule has 0 aromatic heterocycles. The molecular formula is C13H18N2O5S. The van der Waals surface area contributed by atoms with Crippen molar-refractivity contribution in [3.8, 4) is 0 Å². The first kappa shape index (κ1) is 17.1. The van der Waals surface area contributed by atoms with Crippen molar-refractivity contribution in [3.05, 3.63) is 29.8 Å². The molecule has 1 amide bonds. The van der Waals surface area contributed by atoms with Crippen LogP contribution >= 0.6 is 0 Å². The predicted octanol–water partition coefficient (Wildman–Crippen LogP) is 0.435. The number of carboxylic acid groups (broad SMARTS) is 1. The molecule has 0 bridgehead atoms. The van der Waals surface area contributed by atoms with E-state index >= 15 is 0 Å². The number of nitrogens with one attached hydrogen (secondary N) is 2. The number of sulfonamides is 1. The molecular weight excluding hydrogens is 296 g/mol. The second-order valence-corrected chi connectivity index (χ2v) is 6.99. The molecule has 0 aliphatic carbocycles. The van der Waals surface area contributed by atoms with E-state index in [1.54, 1.807) is 0 Å². The van der Waals surface area contributed by atoms with Gasteiger partial charge in [0, 0.05) is 12.1 Å². The number of carbonyl (C=O) groups is 2. The summed E-state index contributed by atoms with van der Waals surface area (Å²) in [6.07, 6.45) is 0. The van der Waals surface area contributed by atoms with E-state index in [0.717, 1.165) is 0 Å². The Hall–Kier alpha value is -1.93. The Morgan fingerprint density at radius 2 is 1.71 bits per heavy atom. The first-order valence-electron chi connectivity index (χ1n) is 6.15. The number of carboxylic acids is 1. The van der Waals surface area contributed by atoms with Gasteiger partial charge in [-0.3, -0.25) is 9.59 Å². The average molecular weight is 314 g/mol. The van der Waals surface area contributed by atoms with Gasteiger partial charge in [0.15, 0.2) is 0 Å². The zero-order valence-electron chi connectivity index (χ0n) is 12.0. The van der Waals surface area contributed by atoms with Crippen LogP contribution in [0, 0.1) is 5.41 Å². The van der Waals surface area contributed by atoms with E-state index in [9.17, 15) is 18.0 Å². The van der Waals surface area contributed by atoms with Crippen molar-refractivity contribution in [1.82, 2.24) is 10.0 Å². The zero-order valence-corrected chi connectivity index (χ0v) is 12.8. The van der Waals surface area contributed by atoms with E-state index in [2.05, 4.69) is 10.0 Å². The number of aliphatic carboxylic acids is 1. The maximum Gasteiger partial charge on any atom is 0.310 e. The number of amides is 1. The van der Waals surface area contributed by atoms with Crippen molar-refractivity contribution in [2.24, 2.45) is 5.41 Å². The van der Waals surface area contributed by atoms with Crippen LogP contribution in [0.25, 0.3) is 0 Å². The predicted molar refractivity (Wildman–Crippen MR) is 76.4 cm³/mol. The number of carbonyl (C=O) groups excluding carboxylic acids is 1. The van der Waals surface area contributed by atoms with Crippen LogP contribution in [0.4, 0.5) is 0 Å². The van der Waals surface area contributed by atoms with Gasteiger partial charge >= 0.3 is 5.97 Å². The molecule has 0 aliphatic heterocycles. The number of hydrogen-bond acceptors (Lipinski definition) is 4. The van der Waals surface area contributed by atoms with Crippen molar-refractivity contribution in [3.63, 3.8) is 0 Å². The van der Waals surface area contributed by atoms with Gasteiger partial charge in [-0.25, -0.2) is 13.1 Å². The summed E-state index contributed by atoms with van der Waals surface area (Å²) in [5.41, 5.74) is -0.823. The zero-order chi connectivity index (χ0) is 16.3. The molecule has 3 N–H and O–H groups in total. The van der Waals surface area contributed by atoms with E-state index in [-0.39, 0.29) is 17.0 Å². The van der Waals surface area contributed by atoms with Gasteiger partial charge in [-0.05, 0) is 45.2 Å². The van der Waals surface area contributed by atoms with Gasteiger partial charge in [-0.1, -0.05) is 0 Å². The molecule has 0 aliphatic rings. The molecule has 0 radical (unpaired) electrons. The lowest BCUT2D eigenvalue weighted by atomic mass is 9.94. The highest BCUT2D eigenvalue weighted by atomic mass is 32.2. The summed E-state index contributed by atoms with van der Waals surface area (Å²) >= 11 is 0. The van der Waals surface area contributed by atoms with Crippen molar-refractivity contribution < 1.29 is 23.1 Å². The van der Waals surface area contributed by atoms with E-state index in [4.69, 9.17) is 5.11 Å². The molecule has 0 fully saturated rings. The lowest BCUT2D eigenvalue weighted by molar-refractivity contribution is -0.146. The summed E-state index contributed by atoms with van der Waals surface area (Å²) < 4.78 is 25.2. The van der Waals surface area contributed by atoms with Crippen molar-refractivity contribution in [2.45, 2.75) is 18.7 Å². The third-order valence-electron chi connectivity index (χ3n) is 2.97. The molecule has 116 valence electrons. The molecule has 7 nitrogen and oxygen atoms in total. The van der Waals surface area contributed by atoms with Crippen LogP contribution in [0.3, 0.4) is 0 Å². The minimum Gasteiger partial charge on any atom is -0.481 e. The van der Waals surface area contributed by atoms with Crippen molar-refractivity contribution in [2.75, 3.05) is 13.6 Å². The lowest BCUT2D eigenvalue weighted by Crippen LogP contribution is -2.38. The average Bonchev–Trinajstić information content (AvgIpc) is 2.44. The quantitative estimate of drug-likeness (QED) is 0.705. The van der Waals surface area contributed by atoms with Crippen LogP contribution < -0.4 is 10.0 Å². The van der Waals surface area contributed by atoms with Crippen LogP contribution in [0.15, 0.2) is 29.2 Å². The van der Waals surface area contributed by atoms with Gasteiger partial charge in [0.05, 0.1) is 10.3 Å². The van der Waals surface area contributed by atoms with Gasteiger partial charge in [-0.15, -0.1) is 0 Å². The summed E-state index contributed by atoms with van der Waals surface area (Å²) in [6.45, 7) is 2.97. The molecule has 0 spiro atoms. The molecule has 8 heteroatoms. The molecule has 0 atom stereocenters. The Bertz CT molecular complexity index is 635. The number of hydrogen-bond donors (Lipinski definition) is 3. The highest BCUT2D eigenvalue weighted by Gasteiger charge is 2.27. The highest BCUT2D eigenvalue weighted by Crippen LogP contribution is 2.14. The molecule has 0 saturated carbocycles. The van der Waals surface area contributed by atoms with Gasteiger partial charge in [-0.2, -0.15) is 0 Å². The fourth-order valence-electron chi connectivity index (χ4n) is 1.38. The van der Waals surface area contributed by atoms with Gasteiger partial charge in [0.25, 0.3) is 5.91 Å². The first-order chi connectivity index (χ1) is 9.60. The van der Waals surface area contributed by atoms with Gasteiger partial charge in [0.2, 0.25) is 10.0 Å². The standard InChI is InChI=1S/C13H18N2O5S/c1-13(2,12(17)18)8-15-11(16)9-4-6-10(7-5-9)21(19,20)14-3/h4-7,14H,8H2,1-3H3,(H,15,16)(H,17,18). The van der Waals surface area contributed by atoms with Crippen LogP contribution in [0.5, 0.6) is 0 Å². The Labute approximate surface area is 123 Å². The van der Waals surface area contributed by atoms with Crippen molar-refractivity contribution in [1.29, 1.82) is 0 Å². The van der Waals surface area contributed by atoms with Gasteiger partial charge in [0.1, 0.15) is 0 Å². The maximum atomic E-state index is 11.9. The first-order valence-corrected chi connectivity index (χ1v) is 7.64. The second-order valence-electron chi connectivity index (χ2n) is 5.10. The SMILES string of the molecule is CNS(=O)(=O)c1ccc(C(=O)NCC(C)(C)C(=O)O)cc1. The summed E-state index contributed by atoms with van der Waals surface area (Å²) in [6, 6.07) is 5.35. The maximum absolute atomic E-state index is 11.9. The largest absolute Gasteiger partial charge is 0.481 e. The summed E-state index contributed by atoms with van der Waals surface area (Å²) in [7, 11) is -2.25. The number of benzene rings is 1. The summed E-state index contributed by atoms with van der Waals surface area (Å²) in [5, 5.41) is 11.5. The summed E-state index contributed by atoms with van der Waals surface area (Å²) in [5.74, 6) is -1.48. The molecule has 1 aromatic rings. The number of rotatable bonds is 6. The van der Waals surface area contributed by atoms with Crippen molar-refractivity contribution >= 4 is 21.9 Å². The third-order valence-corrected chi connectivity index (χ3v) is 4.40. The molecule has 0 heterocycles. The Morgan fingerprint density at radius 1 is 1.19 bits per heavy atom. The van der Waals surface area contributed by atoms with Crippen LogP contribution in [-0.2, 0) is 14.8 Å².